The van der Waals surface area contributed by atoms with Crippen LogP contribution in [0.3, 0.4) is 0 Å². The highest BCUT2D eigenvalue weighted by molar-refractivity contribution is 6.32. The molecular formula is C14H20ClNO. The van der Waals surface area contributed by atoms with Crippen molar-refractivity contribution < 1.29 is 4.74 Å². The fourth-order valence-electron chi connectivity index (χ4n) is 2.83. The molecule has 1 saturated carbocycles. The largest absolute Gasteiger partial charge is 0.495 e. The van der Waals surface area contributed by atoms with Gasteiger partial charge in [-0.1, -0.05) is 24.1 Å². The minimum atomic E-state index is 0.691. The van der Waals surface area contributed by atoms with Gasteiger partial charge in [-0.3, -0.25) is 0 Å². The summed E-state index contributed by atoms with van der Waals surface area (Å²) in [5.74, 6) is 2.16. The van der Waals surface area contributed by atoms with Gasteiger partial charge < -0.3 is 10.5 Å². The number of nitrogens with two attached hydrogens (primary N) is 1. The molecule has 2 atom stereocenters. The smallest absolute Gasteiger partial charge is 0.137 e. The van der Waals surface area contributed by atoms with Crippen LogP contribution in [0.25, 0.3) is 0 Å². The minimum absolute atomic E-state index is 0.691. The third kappa shape index (κ3) is 2.93. The van der Waals surface area contributed by atoms with Crippen molar-refractivity contribution in [2.75, 3.05) is 13.7 Å². The van der Waals surface area contributed by atoms with E-state index in [-0.39, 0.29) is 0 Å². The molecule has 0 radical (unpaired) electrons. The van der Waals surface area contributed by atoms with Crippen LogP contribution in [-0.4, -0.2) is 13.7 Å². The van der Waals surface area contributed by atoms with E-state index in [1.54, 1.807) is 7.11 Å². The van der Waals surface area contributed by atoms with Gasteiger partial charge in [0.2, 0.25) is 0 Å². The van der Waals surface area contributed by atoms with Crippen molar-refractivity contribution in [3.63, 3.8) is 0 Å². The highest BCUT2D eigenvalue weighted by Crippen LogP contribution is 2.34. The van der Waals surface area contributed by atoms with E-state index < -0.39 is 0 Å². The molecule has 2 nitrogen and oxygen atoms in total. The summed E-state index contributed by atoms with van der Waals surface area (Å²) in [5, 5.41) is 0.701. The number of hydrogen-bond donors (Lipinski definition) is 1. The molecule has 2 unspecified atom stereocenters. The third-order valence-electron chi connectivity index (χ3n) is 3.83. The molecule has 0 amide bonds. The monoisotopic (exact) mass is 253 g/mol. The van der Waals surface area contributed by atoms with E-state index in [0.29, 0.717) is 10.9 Å². The molecular weight excluding hydrogens is 234 g/mol. The zero-order chi connectivity index (χ0) is 12.3. The Bertz CT molecular complexity index is 380. The fourth-order valence-corrected chi connectivity index (χ4v) is 3.11. The van der Waals surface area contributed by atoms with Gasteiger partial charge in [-0.15, -0.1) is 0 Å². The van der Waals surface area contributed by atoms with Crippen LogP contribution in [0, 0.1) is 11.8 Å². The van der Waals surface area contributed by atoms with Gasteiger partial charge in [-0.25, -0.2) is 0 Å². The summed E-state index contributed by atoms with van der Waals surface area (Å²) >= 11 is 6.14. The molecule has 0 bridgehead atoms. The Balaban J connectivity index is 2.05. The number of hydrogen-bond acceptors (Lipinski definition) is 2. The maximum Gasteiger partial charge on any atom is 0.137 e. The predicted octanol–water partition coefficient (Wildman–Crippen LogP) is 3.27. The van der Waals surface area contributed by atoms with Crippen molar-refractivity contribution in [2.24, 2.45) is 17.6 Å². The quantitative estimate of drug-likeness (QED) is 0.894. The molecule has 2 N–H and O–H groups in total. The first-order valence-corrected chi connectivity index (χ1v) is 6.65. The van der Waals surface area contributed by atoms with Gasteiger partial charge >= 0.3 is 0 Å². The van der Waals surface area contributed by atoms with Crippen LogP contribution in [0.15, 0.2) is 18.2 Å². The molecule has 0 heterocycles. The molecule has 0 spiro atoms. The van der Waals surface area contributed by atoms with Crippen LogP contribution in [-0.2, 0) is 6.42 Å². The molecule has 0 aliphatic heterocycles. The van der Waals surface area contributed by atoms with Crippen LogP contribution in [0.4, 0.5) is 0 Å². The van der Waals surface area contributed by atoms with E-state index in [4.69, 9.17) is 22.1 Å². The Morgan fingerprint density at radius 1 is 1.35 bits per heavy atom. The minimum Gasteiger partial charge on any atom is -0.495 e. The third-order valence-corrected chi connectivity index (χ3v) is 4.13. The maximum atomic E-state index is 6.14. The molecule has 17 heavy (non-hydrogen) atoms. The first-order chi connectivity index (χ1) is 8.24. The maximum absolute atomic E-state index is 6.14. The van der Waals surface area contributed by atoms with Crippen molar-refractivity contribution in [1.82, 2.24) is 0 Å². The normalized spacial score (nSPS) is 23.9. The van der Waals surface area contributed by atoms with Crippen LogP contribution < -0.4 is 10.5 Å². The average molecular weight is 254 g/mol. The number of halogens is 1. The summed E-state index contributed by atoms with van der Waals surface area (Å²) < 4.78 is 5.16. The van der Waals surface area contributed by atoms with Crippen molar-refractivity contribution >= 4 is 11.6 Å². The first-order valence-electron chi connectivity index (χ1n) is 6.27. The van der Waals surface area contributed by atoms with Gasteiger partial charge in [-0.05, 0) is 55.3 Å². The molecule has 0 aromatic heterocycles. The highest BCUT2D eigenvalue weighted by atomic mass is 35.5. The Hall–Kier alpha value is -0.730. The summed E-state index contributed by atoms with van der Waals surface area (Å²) in [6.45, 7) is 0.814. The SMILES string of the molecule is COc1ccc(CC2CCCC2CN)cc1Cl. The van der Waals surface area contributed by atoms with E-state index in [2.05, 4.69) is 6.07 Å². The summed E-state index contributed by atoms with van der Waals surface area (Å²) in [4.78, 5) is 0. The lowest BCUT2D eigenvalue weighted by molar-refractivity contribution is 0.393. The number of ether oxygens (including phenoxy) is 1. The highest BCUT2D eigenvalue weighted by Gasteiger charge is 2.26. The van der Waals surface area contributed by atoms with Crippen LogP contribution in [0.5, 0.6) is 5.75 Å². The molecule has 0 saturated heterocycles. The molecule has 3 heteroatoms. The molecule has 1 aliphatic carbocycles. The number of methoxy groups -OCH3 is 1. The zero-order valence-corrected chi connectivity index (χ0v) is 11.0. The van der Waals surface area contributed by atoms with Crippen molar-refractivity contribution in [2.45, 2.75) is 25.7 Å². The molecule has 1 aliphatic rings. The number of benzene rings is 1. The Labute approximate surface area is 108 Å². The second kappa shape index (κ2) is 5.74. The first kappa shape index (κ1) is 12.7. The van der Waals surface area contributed by atoms with Crippen LogP contribution >= 0.6 is 11.6 Å². The summed E-state index contributed by atoms with van der Waals surface area (Å²) in [7, 11) is 1.64. The van der Waals surface area contributed by atoms with E-state index in [1.807, 2.05) is 12.1 Å². The molecule has 94 valence electrons. The van der Waals surface area contributed by atoms with E-state index in [1.165, 1.54) is 24.8 Å². The van der Waals surface area contributed by atoms with E-state index >= 15 is 0 Å². The molecule has 1 fully saturated rings. The van der Waals surface area contributed by atoms with Crippen LogP contribution in [0.2, 0.25) is 5.02 Å². The molecule has 1 aromatic carbocycles. The van der Waals surface area contributed by atoms with Crippen molar-refractivity contribution in [1.29, 1.82) is 0 Å². The molecule has 2 rings (SSSR count). The van der Waals surface area contributed by atoms with Gasteiger partial charge in [0.1, 0.15) is 5.75 Å². The van der Waals surface area contributed by atoms with Crippen molar-refractivity contribution in [3.8, 4) is 5.75 Å². The van der Waals surface area contributed by atoms with Gasteiger partial charge in [0.25, 0.3) is 0 Å². The standard InChI is InChI=1S/C14H20ClNO/c1-17-14-6-5-10(8-13(14)15)7-11-3-2-4-12(11)9-16/h5-6,8,11-12H,2-4,7,9,16H2,1H3. The van der Waals surface area contributed by atoms with Crippen LogP contribution in [0.1, 0.15) is 24.8 Å². The van der Waals surface area contributed by atoms with Gasteiger partial charge in [0, 0.05) is 0 Å². The Kier molecular flexibility index (Phi) is 4.30. The second-order valence-corrected chi connectivity index (χ2v) is 5.27. The Morgan fingerprint density at radius 3 is 2.76 bits per heavy atom. The summed E-state index contributed by atoms with van der Waals surface area (Å²) in [6.07, 6.45) is 4.98. The van der Waals surface area contributed by atoms with Crippen molar-refractivity contribution in [3.05, 3.63) is 28.8 Å². The topological polar surface area (TPSA) is 35.2 Å². The summed E-state index contributed by atoms with van der Waals surface area (Å²) in [5.41, 5.74) is 7.10. The summed E-state index contributed by atoms with van der Waals surface area (Å²) in [6, 6.07) is 6.08. The van der Waals surface area contributed by atoms with Gasteiger partial charge in [0.15, 0.2) is 0 Å². The number of rotatable bonds is 4. The van der Waals surface area contributed by atoms with E-state index in [9.17, 15) is 0 Å². The zero-order valence-electron chi connectivity index (χ0n) is 10.3. The predicted molar refractivity (Wildman–Crippen MR) is 71.6 cm³/mol. The molecule has 1 aromatic rings. The fraction of sp³-hybridized carbons (Fsp3) is 0.571. The second-order valence-electron chi connectivity index (χ2n) is 4.86. The average Bonchev–Trinajstić information content (AvgIpc) is 2.76. The van der Waals surface area contributed by atoms with Gasteiger partial charge in [0.05, 0.1) is 12.1 Å². The lowest BCUT2D eigenvalue weighted by atomic mass is 9.90. The lowest BCUT2D eigenvalue weighted by Crippen LogP contribution is -2.20. The van der Waals surface area contributed by atoms with E-state index in [0.717, 1.165) is 24.6 Å². The van der Waals surface area contributed by atoms with Gasteiger partial charge in [-0.2, -0.15) is 0 Å². The Morgan fingerprint density at radius 2 is 2.12 bits per heavy atom. The lowest BCUT2D eigenvalue weighted by Gasteiger charge is -2.18.